The molecule has 2 rings (SSSR count). The molecule has 0 spiro atoms. The first kappa shape index (κ1) is 13.6. The van der Waals surface area contributed by atoms with Gasteiger partial charge in [0.2, 0.25) is 5.91 Å². The Bertz CT molecular complexity index is 360. The van der Waals surface area contributed by atoms with Crippen LogP contribution in [-0.4, -0.2) is 18.5 Å². The minimum absolute atomic E-state index is 0.158. The van der Waals surface area contributed by atoms with E-state index in [1.807, 2.05) is 17.3 Å². The Kier molecular flexibility index (Phi) is 5.88. The summed E-state index contributed by atoms with van der Waals surface area (Å²) in [6, 6.07) is 5.99. The molecular formula is C10H11ClFN2ORu. The second kappa shape index (κ2) is 6.94. The van der Waals surface area contributed by atoms with Crippen molar-refractivity contribution in [1.82, 2.24) is 5.32 Å². The Labute approximate surface area is 107 Å². The molecule has 1 heterocycles. The van der Waals surface area contributed by atoms with Crippen molar-refractivity contribution in [2.24, 2.45) is 0 Å². The van der Waals surface area contributed by atoms with Gasteiger partial charge in [-0.15, -0.1) is 0 Å². The normalized spacial score (nSPS) is 17.8. The molecule has 1 aromatic carbocycles. The van der Waals surface area contributed by atoms with Gasteiger partial charge in [0.15, 0.2) is 0 Å². The Morgan fingerprint density at radius 2 is 2.12 bits per heavy atom. The zero-order valence-corrected chi connectivity index (χ0v) is 10.8. The van der Waals surface area contributed by atoms with Gasteiger partial charge in [-0.2, -0.15) is 0 Å². The number of para-hydroxylation sites is 1. The van der Waals surface area contributed by atoms with Crippen LogP contribution in [0.1, 0.15) is 6.42 Å². The summed E-state index contributed by atoms with van der Waals surface area (Å²) in [7, 11) is 4.57. The topological polar surface area (TPSA) is 41.1 Å². The standard InChI is InChI=1S/C10H11FN2O.ClH.Ru/c11-7-3-1-2-4-8(7)13-10(14)9-5-6-12-9;;/h1-4,9,12H,5-6H2,(H,13,14);1H;/q;;+1/p-1. The first-order valence-electron chi connectivity index (χ1n) is 4.69. The molecule has 0 aromatic heterocycles. The number of nitrogens with one attached hydrogen (secondary N) is 2. The van der Waals surface area contributed by atoms with Gasteiger partial charge in [0.05, 0.1) is 11.7 Å². The summed E-state index contributed by atoms with van der Waals surface area (Å²) in [5.41, 5.74) is 0.242. The third kappa shape index (κ3) is 3.51. The van der Waals surface area contributed by atoms with Gasteiger partial charge in [-0.3, -0.25) is 4.79 Å². The third-order valence-corrected chi connectivity index (χ3v) is 2.27. The van der Waals surface area contributed by atoms with E-state index in [9.17, 15) is 9.18 Å². The molecule has 6 heteroatoms. The summed E-state index contributed by atoms with van der Waals surface area (Å²) in [6.07, 6.45) is 0.820. The van der Waals surface area contributed by atoms with Gasteiger partial charge in [-0.05, 0) is 25.1 Å². The van der Waals surface area contributed by atoms with E-state index in [0.717, 1.165) is 13.0 Å². The van der Waals surface area contributed by atoms with Crippen LogP contribution in [0.5, 0.6) is 0 Å². The zero-order valence-electron chi connectivity index (χ0n) is 8.32. The predicted molar refractivity (Wildman–Crippen MR) is 57.3 cm³/mol. The summed E-state index contributed by atoms with van der Waals surface area (Å²) in [5, 5.41) is 5.49. The zero-order chi connectivity index (χ0) is 12.0. The van der Waals surface area contributed by atoms with Gasteiger partial charge in [0.25, 0.3) is 0 Å². The molecule has 1 aromatic rings. The fourth-order valence-corrected chi connectivity index (χ4v) is 1.29. The van der Waals surface area contributed by atoms with Crippen molar-refractivity contribution >= 4 is 21.3 Å². The van der Waals surface area contributed by atoms with Crippen molar-refractivity contribution in [1.29, 1.82) is 0 Å². The minimum atomic E-state index is -0.403. The molecule has 1 amide bonds. The molecule has 0 radical (unpaired) electrons. The molecule has 3 nitrogen and oxygen atoms in total. The average Bonchev–Trinajstić information content (AvgIpc) is 2.22. The Morgan fingerprint density at radius 1 is 1.50 bits per heavy atom. The fourth-order valence-electron chi connectivity index (χ4n) is 1.29. The van der Waals surface area contributed by atoms with Crippen molar-refractivity contribution in [3.05, 3.63) is 30.1 Å². The molecule has 1 atom stereocenters. The van der Waals surface area contributed by atoms with E-state index in [-0.39, 0.29) is 17.6 Å². The van der Waals surface area contributed by atoms with Crippen molar-refractivity contribution in [2.75, 3.05) is 11.9 Å². The van der Waals surface area contributed by atoms with Crippen LogP contribution in [0.2, 0.25) is 0 Å². The molecule has 16 heavy (non-hydrogen) atoms. The number of anilines is 1. The molecular weight excluding hydrogens is 320 g/mol. The van der Waals surface area contributed by atoms with E-state index in [4.69, 9.17) is 0 Å². The van der Waals surface area contributed by atoms with Crippen LogP contribution in [0.4, 0.5) is 10.1 Å². The predicted octanol–water partition coefficient (Wildman–Crippen LogP) is 1.81. The molecule has 1 fully saturated rings. The molecule has 2 N–H and O–H groups in total. The first-order chi connectivity index (χ1) is 7.77. The van der Waals surface area contributed by atoms with Gasteiger partial charge in [-0.1, -0.05) is 12.1 Å². The monoisotopic (exact) mass is 331 g/mol. The van der Waals surface area contributed by atoms with E-state index in [1.54, 1.807) is 18.2 Å². The molecule has 1 unspecified atom stereocenters. The van der Waals surface area contributed by atoms with Crippen LogP contribution in [0, 0.1) is 5.82 Å². The summed E-state index contributed by atoms with van der Waals surface area (Å²) >= 11 is 1.82. The number of amides is 1. The number of rotatable bonds is 2. The van der Waals surface area contributed by atoms with Gasteiger partial charge >= 0.3 is 27.0 Å². The van der Waals surface area contributed by atoms with Gasteiger partial charge in [0.1, 0.15) is 5.82 Å². The summed E-state index contributed by atoms with van der Waals surface area (Å²) < 4.78 is 13.1. The second-order valence-corrected chi connectivity index (χ2v) is 3.26. The van der Waals surface area contributed by atoms with Crippen LogP contribution in [0.15, 0.2) is 24.3 Å². The number of carbonyl (C=O) groups excluding carboxylic acids is 1. The molecule has 1 aliphatic heterocycles. The Hall–Kier alpha value is -0.507. The number of hydrogen-bond donors (Lipinski definition) is 2. The number of benzene rings is 1. The van der Waals surface area contributed by atoms with E-state index < -0.39 is 5.82 Å². The van der Waals surface area contributed by atoms with Crippen molar-refractivity contribution in [2.45, 2.75) is 12.5 Å². The molecule has 1 saturated heterocycles. The SMILES string of the molecule is O=C(Nc1ccccc1F)C1CCN1.[Cl][Ru]. The summed E-state index contributed by atoms with van der Waals surface area (Å²) in [4.78, 5) is 11.4. The Morgan fingerprint density at radius 3 is 2.62 bits per heavy atom. The van der Waals surface area contributed by atoms with Crippen LogP contribution < -0.4 is 10.6 Å². The average molecular weight is 331 g/mol. The summed E-state index contributed by atoms with van der Waals surface area (Å²) in [5.74, 6) is -0.568. The van der Waals surface area contributed by atoms with Gasteiger partial charge in [-0.25, -0.2) is 4.39 Å². The molecule has 1 aliphatic rings. The third-order valence-electron chi connectivity index (χ3n) is 2.27. The summed E-state index contributed by atoms with van der Waals surface area (Å²) in [6.45, 7) is 0.857. The van der Waals surface area contributed by atoms with E-state index >= 15 is 0 Å². The van der Waals surface area contributed by atoms with Crippen LogP contribution in [0.25, 0.3) is 0 Å². The molecule has 0 aliphatic carbocycles. The van der Waals surface area contributed by atoms with E-state index in [1.165, 1.54) is 6.07 Å². The molecule has 0 bridgehead atoms. The van der Waals surface area contributed by atoms with Crippen LogP contribution >= 0.6 is 9.69 Å². The molecule has 0 saturated carbocycles. The number of halogens is 2. The van der Waals surface area contributed by atoms with E-state index in [2.05, 4.69) is 20.3 Å². The maximum absolute atomic E-state index is 13.1. The van der Waals surface area contributed by atoms with Gasteiger partial charge < -0.3 is 10.6 Å². The maximum atomic E-state index is 13.1. The van der Waals surface area contributed by atoms with Gasteiger partial charge in [0, 0.05) is 0 Å². The van der Waals surface area contributed by atoms with Crippen molar-refractivity contribution in [3.63, 3.8) is 0 Å². The first-order valence-corrected chi connectivity index (χ1v) is 6.93. The number of hydrogen-bond acceptors (Lipinski definition) is 2. The van der Waals surface area contributed by atoms with Crippen LogP contribution in [0.3, 0.4) is 0 Å². The van der Waals surface area contributed by atoms with Crippen LogP contribution in [-0.2, 0) is 22.1 Å². The van der Waals surface area contributed by atoms with Crippen molar-refractivity contribution < 1.29 is 26.5 Å². The second-order valence-electron chi connectivity index (χ2n) is 3.26. The van der Waals surface area contributed by atoms with Crippen molar-refractivity contribution in [3.8, 4) is 0 Å². The quantitative estimate of drug-likeness (QED) is 0.812. The Balaban J connectivity index is 0.000000606. The fraction of sp³-hybridized carbons (Fsp3) is 0.300. The van der Waals surface area contributed by atoms with E-state index in [0.29, 0.717) is 0 Å². The number of carbonyl (C=O) groups is 1. The molecule has 89 valence electrons.